The third kappa shape index (κ3) is 4.02. The van der Waals surface area contributed by atoms with E-state index >= 15 is 0 Å². The fourth-order valence-electron chi connectivity index (χ4n) is 1.46. The van der Waals surface area contributed by atoms with Gasteiger partial charge in [-0.25, -0.2) is 0 Å². The molecule has 0 heterocycles. The summed E-state index contributed by atoms with van der Waals surface area (Å²) >= 11 is 3.18. The zero-order chi connectivity index (χ0) is 13.0. The number of para-hydroxylation sites is 1. The van der Waals surface area contributed by atoms with Crippen LogP contribution < -0.4 is 11.1 Å². The summed E-state index contributed by atoms with van der Waals surface area (Å²) in [5.41, 5.74) is 6.11. The quantitative estimate of drug-likeness (QED) is 0.748. The first-order valence-corrected chi connectivity index (χ1v) is 6.25. The van der Waals surface area contributed by atoms with E-state index in [0.717, 1.165) is 0 Å². The maximum absolute atomic E-state index is 11.7. The summed E-state index contributed by atoms with van der Waals surface area (Å²) in [5, 5.41) is 12.3. The van der Waals surface area contributed by atoms with Gasteiger partial charge in [0, 0.05) is 0 Å². The lowest BCUT2D eigenvalue weighted by atomic mass is 10.0. The number of rotatable bonds is 4. The van der Waals surface area contributed by atoms with Crippen molar-refractivity contribution in [2.45, 2.75) is 26.3 Å². The Labute approximate surface area is 109 Å². The molecule has 1 aromatic rings. The number of phenolic OH excluding ortho intramolecular Hbond substituents is 1. The van der Waals surface area contributed by atoms with Gasteiger partial charge in [-0.15, -0.1) is 0 Å². The van der Waals surface area contributed by atoms with Crippen LogP contribution in [0.1, 0.15) is 20.3 Å². The van der Waals surface area contributed by atoms with Crippen LogP contribution in [0.5, 0.6) is 5.75 Å². The van der Waals surface area contributed by atoms with Crippen LogP contribution in [0.15, 0.2) is 22.7 Å². The fourth-order valence-corrected chi connectivity index (χ4v) is 1.82. The third-order valence-corrected chi connectivity index (χ3v) is 2.95. The first-order chi connectivity index (χ1) is 7.91. The van der Waals surface area contributed by atoms with E-state index in [1.807, 2.05) is 13.8 Å². The van der Waals surface area contributed by atoms with Crippen LogP contribution in [0.3, 0.4) is 0 Å². The van der Waals surface area contributed by atoms with E-state index in [1.54, 1.807) is 18.2 Å². The molecule has 1 aromatic carbocycles. The van der Waals surface area contributed by atoms with Gasteiger partial charge in [0.05, 0.1) is 16.2 Å². The van der Waals surface area contributed by atoms with Crippen molar-refractivity contribution in [3.63, 3.8) is 0 Å². The Kier molecular flexibility index (Phi) is 4.96. The van der Waals surface area contributed by atoms with Gasteiger partial charge in [-0.3, -0.25) is 4.79 Å². The van der Waals surface area contributed by atoms with Gasteiger partial charge >= 0.3 is 0 Å². The normalized spacial score (nSPS) is 12.5. The largest absolute Gasteiger partial charge is 0.505 e. The second-order valence-electron chi connectivity index (χ2n) is 4.36. The number of benzene rings is 1. The second kappa shape index (κ2) is 6.02. The molecule has 0 aliphatic heterocycles. The monoisotopic (exact) mass is 300 g/mol. The highest BCUT2D eigenvalue weighted by Gasteiger charge is 2.16. The molecule has 0 aliphatic carbocycles. The maximum atomic E-state index is 11.7. The van der Waals surface area contributed by atoms with Crippen molar-refractivity contribution >= 4 is 27.5 Å². The Morgan fingerprint density at radius 1 is 1.53 bits per heavy atom. The molecule has 5 heteroatoms. The summed E-state index contributed by atoms with van der Waals surface area (Å²) in [6, 6.07) is 4.49. The second-order valence-corrected chi connectivity index (χ2v) is 5.22. The van der Waals surface area contributed by atoms with Gasteiger partial charge < -0.3 is 16.2 Å². The molecular weight excluding hydrogens is 284 g/mol. The van der Waals surface area contributed by atoms with Gasteiger partial charge in [-0.05, 0) is 40.4 Å². The third-order valence-electron chi connectivity index (χ3n) is 2.31. The summed E-state index contributed by atoms with van der Waals surface area (Å²) in [6.45, 7) is 4.01. The molecule has 4 N–H and O–H groups in total. The summed E-state index contributed by atoms with van der Waals surface area (Å²) in [6.07, 6.45) is 0.612. The highest BCUT2D eigenvalue weighted by atomic mass is 79.9. The molecule has 17 heavy (non-hydrogen) atoms. The predicted octanol–water partition coefficient (Wildman–Crippen LogP) is 2.47. The summed E-state index contributed by atoms with van der Waals surface area (Å²) in [4.78, 5) is 11.7. The van der Waals surface area contributed by atoms with Crippen LogP contribution >= 0.6 is 15.9 Å². The lowest BCUT2D eigenvalue weighted by Gasteiger charge is -2.15. The van der Waals surface area contributed by atoms with Crippen LogP contribution in [0.4, 0.5) is 5.69 Å². The Hall–Kier alpha value is -1.07. The van der Waals surface area contributed by atoms with Gasteiger partial charge in [-0.1, -0.05) is 19.9 Å². The van der Waals surface area contributed by atoms with Crippen LogP contribution in [0.25, 0.3) is 0 Å². The molecule has 0 fully saturated rings. The Morgan fingerprint density at radius 2 is 2.18 bits per heavy atom. The summed E-state index contributed by atoms with van der Waals surface area (Å²) in [7, 11) is 0. The number of carbonyl (C=O) groups excluding carboxylic acids is 1. The van der Waals surface area contributed by atoms with Crippen molar-refractivity contribution in [3.05, 3.63) is 22.7 Å². The number of amides is 1. The van der Waals surface area contributed by atoms with Crippen molar-refractivity contribution in [1.29, 1.82) is 0 Å². The van der Waals surface area contributed by atoms with E-state index in [2.05, 4.69) is 21.2 Å². The highest BCUT2D eigenvalue weighted by Crippen LogP contribution is 2.31. The molecule has 0 radical (unpaired) electrons. The number of hydrogen-bond donors (Lipinski definition) is 3. The van der Waals surface area contributed by atoms with E-state index in [4.69, 9.17) is 5.73 Å². The van der Waals surface area contributed by atoms with Gasteiger partial charge in [0.2, 0.25) is 5.91 Å². The molecule has 1 atom stereocenters. The number of carbonyl (C=O) groups is 1. The number of halogens is 1. The van der Waals surface area contributed by atoms with Crippen molar-refractivity contribution < 1.29 is 9.90 Å². The molecule has 0 bridgehead atoms. The van der Waals surface area contributed by atoms with Crippen molar-refractivity contribution in [1.82, 2.24) is 0 Å². The Balaban J connectivity index is 2.71. The van der Waals surface area contributed by atoms with E-state index in [9.17, 15) is 9.90 Å². The molecule has 0 aromatic heterocycles. The first-order valence-electron chi connectivity index (χ1n) is 5.45. The number of nitrogens with one attached hydrogen (secondary N) is 1. The highest BCUT2D eigenvalue weighted by molar-refractivity contribution is 9.10. The summed E-state index contributed by atoms with van der Waals surface area (Å²) < 4.78 is 0.535. The molecular formula is C12H17BrN2O2. The molecule has 0 aliphatic rings. The molecule has 94 valence electrons. The van der Waals surface area contributed by atoms with Crippen molar-refractivity contribution in [2.24, 2.45) is 11.7 Å². The number of nitrogens with two attached hydrogens (primary N) is 1. The van der Waals surface area contributed by atoms with Crippen LogP contribution in [-0.4, -0.2) is 17.1 Å². The first kappa shape index (κ1) is 14.0. The smallest absolute Gasteiger partial charge is 0.241 e. The van der Waals surface area contributed by atoms with Gasteiger partial charge in [-0.2, -0.15) is 0 Å². The lowest BCUT2D eigenvalue weighted by Crippen LogP contribution is -2.36. The average molecular weight is 301 g/mol. The topological polar surface area (TPSA) is 75.4 Å². The minimum absolute atomic E-state index is 0.0117. The molecule has 0 spiro atoms. The minimum Gasteiger partial charge on any atom is -0.505 e. The van der Waals surface area contributed by atoms with Crippen LogP contribution in [-0.2, 0) is 4.79 Å². The molecule has 1 rings (SSSR count). The molecule has 0 unspecified atom stereocenters. The van der Waals surface area contributed by atoms with Crippen molar-refractivity contribution in [3.8, 4) is 5.75 Å². The number of phenols is 1. The van der Waals surface area contributed by atoms with Crippen molar-refractivity contribution in [2.75, 3.05) is 5.32 Å². The zero-order valence-corrected chi connectivity index (χ0v) is 11.5. The Bertz CT molecular complexity index is 407. The minimum atomic E-state index is -0.562. The van der Waals surface area contributed by atoms with E-state index in [1.165, 1.54) is 0 Å². The standard InChI is InChI=1S/C12H17BrN2O2/c1-7(2)6-9(14)12(17)15-10-5-3-4-8(13)11(10)16/h3-5,7,9,16H,6,14H2,1-2H3,(H,15,17)/t9-/m0/s1. The maximum Gasteiger partial charge on any atom is 0.241 e. The van der Waals surface area contributed by atoms with Crippen LogP contribution in [0.2, 0.25) is 0 Å². The summed E-state index contributed by atoms with van der Waals surface area (Å²) in [5.74, 6) is 0.0801. The lowest BCUT2D eigenvalue weighted by molar-refractivity contribution is -0.117. The molecule has 4 nitrogen and oxygen atoms in total. The number of hydrogen-bond acceptors (Lipinski definition) is 3. The zero-order valence-electron chi connectivity index (χ0n) is 9.90. The SMILES string of the molecule is CC(C)C[C@H](N)C(=O)Nc1cccc(Br)c1O. The van der Waals surface area contributed by atoms with Gasteiger partial charge in [0.1, 0.15) is 0 Å². The molecule has 0 saturated carbocycles. The number of anilines is 1. The predicted molar refractivity (Wildman–Crippen MR) is 71.9 cm³/mol. The molecule has 1 amide bonds. The van der Waals surface area contributed by atoms with Crippen LogP contribution in [0, 0.1) is 5.92 Å². The van der Waals surface area contributed by atoms with Gasteiger partial charge in [0.15, 0.2) is 5.75 Å². The molecule has 0 saturated heterocycles. The number of aromatic hydroxyl groups is 1. The van der Waals surface area contributed by atoms with E-state index in [0.29, 0.717) is 22.5 Å². The van der Waals surface area contributed by atoms with E-state index in [-0.39, 0.29) is 11.7 Å². The van der Waals surface area contributed by atoms with Gasteiger partial charge in [0.25, 0.3) is 0 Å². The fraction of sp³-hybridized carbons (Fsp3) is 0.417. The van der Waals surface area contributed by atoms with E-state index < -0.39 is 6.04 Å². The Morgan fingerprint density at radius 3 is 2.76 bits per heavy atom. The average Bonchev–Trinajstić information content (AvgIpc) is 2.23.